The standard InChI is InChI=1S/C18H21N3O3S/c1-12-16(18(23)24)11-19-21(12)14-7-9-20(10-8-14)17(22)13-3-5-15(25-2)6-4-13/h3-6,11,14H,7-10H2,1-2H3,(H,23,24). The van der Waals surface area contributed by atoms with Crippen molar-refractivity contribution < 1.29 is 14.7 Å². The van der Waals surface area contributed by atoms with Gasteiger partial charge in [0.1, 0.15) is 5.56 Å². The SMILES string of the molecule is CSc1ccc(C(=O)N2CCC(n3ncc(C(=O)O)c3C)CC2)cc1. The Hall–Kier alpha value is -2.28. The second-order valence-corrected chi connectivity index (χ2v) is 7.02. The second kappa shape index (κ2) is 7.31. The molecular weight excluding hydrogens is 338 g/mol. The highest BCUT2D eigenvalue weighted by atomic mass is 32.2. The van der Waals surface area contributed by atoms with Gasteiger partial charge < -0.3 is 10.0 Å². The Bertz CT molecular complexity index is 777. The van der Waals surface area contributed by atoms with Crippen LogP contribution in [0.2, 0.25) is 0 Å². The Labute approximate surface area is 150 Å². The van der Waals surface area contributed by atoms with E-state index in [0.717, 1.165) is 17.7 Å². The topological polar surface area (TPSA) is 75.4 Å². The van der Waals surface area contributed by atoms with Crippen LogP contribution in [0.25, 0.3) is 0 Å². The van der Waals surface area contributed by atoms with E-state index in [0.29, 0.717) is 24.3 Å². The summed E-state index contributed by atoms with van der Waals surface area (Å²) in [6.45, 7) is 3.08. The Morgan fingerprint density at radius 3 is 2.36 bits per heavy atom. The Balaban J connectivity index is 1.65. The molecule has 1 aromatic heterocycles. The number of hydrogen-bond acceptors (Lipinski definition) is 4. The zero-order chi connectivity index (χ0) is 18.0. The van der Waals surface area contributed by atoms with E-state index in [9.17, 15) is 9.59 Å². The third-order valence-electron chi connectivity index (χ3n) is 4.71. The van der Waals surface area contributed by atoms with Crippen molar-refractivity contribution in [3.05, 3.63) is 47.3 Å². The number of aromatic nitrogens is 2. The third kappa shape index (κ3) is 3.56. The molecule has 1 N–H and O–H groups in total. The van der Waals surface area contributed by atoms with Crippen molar-refractivity contribution in [1.29, 1.82) is 0 Å². The molecule has 1 amide bonds. The molecule has 1 aromatic carbocycles. The van der Waals surface area contributed by atoms with Gasteiger partial charge in [-0.05, 0) is 50.3 Å². The van der Waals surface area contributed by atoms with Gasteiger partial charge in [0.25, 0.3) is 5.91 Å². The lowest BCUT2D eigenvalue weighted by Gasteiger charge is -2.32. The normalized spacial score (nSPS) is 15.4. The lowest BCUT2D eigenvalue weighted by molar-refractivity contribution is 0.0688. The van der Waals surface area contributed by atoms with E-state index in [2.05, 4.69) is 5.10 Å². The molecule has 132 valence electrons. The van der Waals surface area contributed by atoms with E-state index in [1.54, 1.807) is 23.4 Å². The summed E-state index contributed by atoms with van der Waals surface area (Å²) in [5.74, 6) is -0.903. The molecule has 0 saturated carbocycles. The lowest BCUT2D eigenvalue weighted by atomic mass is 10.0. The molecule has 2 heterocycles. The summed E-state index contributed by atoms with van der Waals surface area (Å²) >= 11 is 1.65. The number of thioether (sulfide) groups is 1. The van der Waals surface area contributed by atoms with Crippen molar-refractivity contribution in [3.8, 4) is 0 Å². The predicted octanol–water partition coefficient (Wildman–Crippen LogP) is 3.09. The van der Waals surface area contributed by atoms with Gasteiger partial charge in [0.15, 0.2) is 0 Å². The summed E-state index contributed by atoms with van der Waals surface area (Å²) in [4.78, 5) is 26.8. The molecule has 1 aliphatic heterocycles. The average Bonchev–Trinajstić information content (AvgIpc) is 3.03. The average molecular weight is 359 g/mol. The minimum absolute atomic E-state index is 0.0505. The highest BCUT2D eigenvalue weighted by Gasteiger charge is 2.27. The first-order valence-corrected chi connectivity index (χ1v) is 9.44. The number of nitrogens with zero attached hydrogens (tertiary/aromatic N) is 3. The van der Waals surface area contributed by atoms with Crippen LogP contribution < -0.4 is 0 Å². The van der Waals surface area contributed by atoms with Crippen LogP contribution in [-0.2, 0) is 0 Å². The minimum atomic E-state index is -0.954. The lowest BCUT2D eigenvalue weighted by Crippen LogP contribution is -2.39. The largest absolute Gasteiger partial charge is 0.478 e. The molecule has 3 rings (SSSR count). The highest BCUT2D eigenvalue weighted by molar-refractivity contribution is 7.98. The fraction of sp³-hybridized carbons (Fsp3) is 0.389. The van der Waals surface area contributed by atoms with Crippen LogP contribution in [0.1, 0.15) is 45.3 Å². The molecule has 0 atom stereocenters. The van der Waals surface area contributed by atoms with Gasteiger partial charge in [-0.15, -0.1) is 11.8 Å². The number of carbonyl (C=O) groups is 2. The van der Waals surface area contributed by atoms with Crippen molar-refractivity contribution in [2.45, 2.75) is 30.7 Å². The van der Waals surface area contributed by atoms with Crippen LogP contribution in [-0.4, -0.2) is 51.0 Å². The fourth-order valence-electron chi connectivity index (χ4n) is 3.23. The van der Waals surface area contributed by atoms with Gasteiger partial charge in [-0.2, -0.15) is 5.10 Å². The Kier molecular flexibility index (Phi) is 5.13. The van der Waals surface area contributed by atoms with Crippen molar-refractivity contribution in [2.24, 2.45) is 0 Å². The number of hydrogen-bond donors (Lipinski definition) is 1. The first-order chi connectivity index (χ1) is 12.0. The number of benzene rings is 1. The molecule has 0 unspecified atom stereocenters. The zero-order valence-electron chi connectivity index (χ0n) is 14.3. The van der Waals surface area contributed by atoms with Gasteiger partial charge in [0.05, 0.1) is 17.9 Å². The van der Waals surface area contributed by atoms with E-state index in [-0.39, 0.29) is 17.5 Å². The molecule has 1 saturated heterocycles. The second-order valence-electron chi connectivity index (χ2n) is 6.15. The van der Waals surface area contributed by atoms with Crippen molar-refractivity contribution >= 4 is 23.6 Å². The third-order valence-corrected chi connectivity index (χ3v) is 5.45. The van der Waals surface area contributed by atoms with E-state index in [1.807, 2.05) is 35.4 Å². The highest BCUT2D eigenvalue weighted by Crippen LogP contribution is 2.26. The number of carboxylic acid groups (broad SMARTS) is 1. The number of aromatic carboxylic acids is 1. The maximum absolute atomic E-state index is 12.6. The molecule has 25 heavy (non-hydrogen) atoms. The molecule has 6 nitrogen and oxygen atoms in total. The monoisotopic (exact) mass is 359 g/mol. The Morgan fingerprint density at radius 2 is 1.84 bits per heavy atom. The summed E-state index contributed by atoms with van der Waals surface area (Å²) in [5, 5.41) is 13.4. The molecule has 1 aliphatic rings. The minimum Gasteiger partial charge on any atom is -0.478 e. The van der Waals surface area contributed by atoms with Crippen molar-refractivity contribution in [2.75, 3.05) is 19.3 Å². The quantitative estimate of drug-likeness (QED) is 0.849. The first kappa shape index (κ1) is 17.5. The maximum Gasteiger partial charge on any atom is 0.339 e. The Morgan fingerprint density at radius 1 is 1.20 bits per heavy atom. The zero-order valence-corrected chi connectivity index (χ0v) is 15.1. The maximum atomic E-state index is 12.6. The van der Waals surface area contributed by atoms with E-state index >= 15 is 0 Å². The van der Waals surface area contributed by atoms with Crippen molar-refractivity contribution in [3.63, 3.8) is 0 Å². The van der Waals surface area contributed by atoms with Crippen LogP contribution in [0.4, 0.5) is 0 Å². The molecule has 0 spiro atoms. The number of piperidine rings is 1. The van der Waals surface area contributed by atoms with Gasteiger partial charge >= 0.3 is 5.97 Å². The molecule has 2 aromatic rings. The van der Waals surface area contributed by atoms with Crippen LogP contribution >= 0.6 is 11.8 Å². The fourth-order valence-corrected chi connectivity index (χ4v) is 3.64. The van der Waals surface area contributed by atoms with Gasteiger partial charge in [0.2, 0.25) is 0 Å². The van der Waals surface area contributed by atoms with Crippen LogP contribution in [0.5, 0.6) is 0 Å². The summed E-state index contributed by atoms with van der Waals surface area (Å²) in [6, 6.07) is 7.81. The predicted molar refractivity (Wildman–Crippen MR) is 96.3 cm³/mol. The van der Waals surface area contributed by atoms with E-state index in [1.165, 1.54) is 6.20 Å². The van der Waals surface area contributed by atoms with Crippen LogP contribution in [0.15, 0.2) is 35.4 Å². The summed E-state index contributed by atoms with van der Waals surface area (Å²) in [6.07, 6.45) is 4.96. The number of carboxylic acids is 1. The van der Waals surface area contributed by atoms with Gasteiger partial charge in [-0.3, -0.25) is 9.48 Å². The molecule has 7 heteroatoms. The summed E-state index contributed by atoms with van der Waals surface area (Å²) in [7, 11) is 0. The van der Waals surface area contributed by atoms with Crippen molar-refractivity contribution in [1.82, 2.24) is 14.7 Å². The van der Waals surface area contributed by atoms with Crippen LogP contribution in [0, 0.1) is 6.92 Å². The molecule has 0 aliphatic carbocycles. The van der Waals surface area contributed by atoms with Gasteiger partial charge in [-0.1, -0.05) is 0 Å². The van der Waals surface area contributed by atoms with Gasteiger partial charge in [0, 0.05) is 23.5 Å². The number of carbonyl (C=O) groups excluding carboxylic acids is 1. The summed E-state index contributed by atoms with van der Waals surface area (Å²) < 4.78 is 1.79. The number of rotatable bonds is 4. The molecule has 0 bridgehead atoms. The first-order valence-electron chi connectivity index (χ1n) is 8.22. The van der Waals surface area contributed by atoms with E-state index < -0.39 is 5.97 Å². The molecule has 0 radical (unpaired) electrons. The molecular formula is C18H21N3O3S. The van der Waals surface area contributed by atoms with Crippen LogP contribution in [0.3, 0.4) is 0 Å². The van der Waals surface area contributed by atoms with E-state index in [4.69, 9.17) is 5.11 Å². The number of amides is 1. The smallest absolute Gasteiger partial charge is 0.339 e. The summed E-state index contributed by atoms with van der Waals surface area (Å²) in [5.41, 5.74) is 1.62. The molecule has 1 fully saturated rings. The number of likely N-dealkylation sites (tertiary alicyclic amines) is 1. The van der Waals surface area contributed by atoms with Gasteiger partial charge in [-0.25, -0.2) is 4.79 Å².